The summed E-state index contributed by atoms with van der Waals surface area (Å²) in [5.74, 6) is 0. The van der Waals surface area contributed by atoms with Crippen LogP contribution in [0.1, 0.15) is 12.0 Å². The van der Waals surface area contributed by atoms with Crippen molar-refractivity contribution in [1.29, 1.82) is 0 Å². The van der Waals surface area contributed by atoms with Gasteiger partial charge in [-0.15, -0.1) is 0 Å². The number of allylic oxidation sites excluding steroid dienone is 1. The molecule has 0 saturated carbocycles. The highest BCUT2D eigenvalue weighted by Crippen LogP contribution is 2.30. The predicted molar refractivity (Wildman–Crippen MR) is 106 cm³/mol. The average Bonchev–Trinajstić information content (AvgIpc) is 2.69. The molecule has 2 heterocycles. The third-order valence-corrected chi connectivity index (χ3v) is 4.33. The summed E-state index contributed by atoms with van der Waals surface area (Å²) in [4.78, 5) is 8.69. The summed E-state index contributed by atoms with van der Waals surface area (Å²) in [6, 6.07) is 18.6. The second-order valence-corrected chi connectivity index (χ2v) is 6.15. The van der Waals surface area contributed by atoms with E-state index in [9.17, 15) is 0 Å². The lowest BCUT2D eigenvalue weighted by atomic mass is 9.89. The molecular formula is C22H17BN2. The van der Waals surface area contributed by atoms with Gasteiger partial charge in [0.25, 0.3) is 0 Å². The van der Waals surface area contributed by atoms with Crippen LogP contribution in [0.4, 0.5) is 0 Å². The van der Waals surface area contributed by atoms with E-state index in [-0.39, 0.29) is 0 Å². The summed E-state index contributed by atoms with van der Waals surface area (Å²) in [6.45, 7) is 0.869. The molecule has 0 unspecified atom stereocenters. The number of aromatic nitrogens is 1. The van der Waals surface area contributed by atoms with Crippen molar-refractivity contribution < 1.29 is 0 Å². The minimum atomic E-state index is 0.768. The zero-order valence-corrected chi connectivity index (χ0v) is 13.9. The van der Waals surface area contributed by atoms with E-state index in [4.69, 9.17) is 7.85 Å². The van der Waals surface area contributed by atoms with Gasteiger partial charge in [0.05, 0.1) is 0 Å². The van der Waals surface area contributed by atoms with Crippen molar-refractivity contribution in [3.05, 3.63) is 78.6 Å². The highest BCUT2D eigenvalue weighted by atomic mass is 14.7. The highest BCUT2D eigenvalue weighted by Gasteiger charge is 2.09. The summed E-state index contributed by atoms with van der Waals surface area (Å²) in [5.41, 5.74) is 7.60. The number of pyridine rings is 1. The fourth-order valence-corrected chi connectivity index (χ4v) is 3.08. The van der Waals surface area contributed by atoms with E-state index >= 15 is 0 Å². The van der Waals surface area contributed by atoms with Crippen LogP contribution in [-0.4, -0.2) is 25.6 Å². The Labute approximate surface area is 149 Å². The standard InChI is InChI=1S/C22H17BN2/c23-22-7-1-4-16(13-22)19-10-20(17-5-2-8-24-14-17)12-21(11-19)18-6-3-9-25-15-18/h1-2,4-8,10-15H,3,9H2. The molecule has 0 atom stereocenters. The van der Waals surface area contributed by atoms with Gasteiger partial charge in [0.1, 0.15) is 7.85 Å². The van der Waals surface area contributed by atoms with Crippen molar-refractivity contribution >= 4 is 25.1 Å². The fourth-order valence-electron chi connectivity index (χ4n) is 3.08. The van der Waals surface area contributed by atoms with Crippen LogP contribution in [0.2, 0.25) is 0 Å². The van der Waals surface area contributed by atoms with Gasteiger partial charge in [0, 0.05) is 30.7 Å². The number of nitrogens with zero attached hydrogens (tertiary/aromatic N) is 2. The first-order chi connectivity index (χ1) is 12.3. The van der Waals surface area contributed by atoms with E-state index in [2.05, 4.69) is 46.4 Å². The second kappa shape index (κ2) is 6.90. The molecule has 3 heteroatoms. The van der Waals surface area contributed by atoms with Gasteiger partial charge in [-0.2, -0.15) is 0 Å². The smallest absolute Gasteiger partial charge is 0.113 e. The van der Waals surface area contributed by atoms with Crippen molar-refractivity contribution in [2.75, 3.05) is 6.54 Å². The zero-order valence-electron chi connectivity index (χ0n) is 13.9. The van der Waals surface area contributed by atoms with E-state index in [0.29, 0.717) is 0 Å². The fraction of sp³-hybridized carbons (Fsp3) is 0.0909. The van der Waals surface area contributed by atoms with E-state index in [1.54, 1.807) is 6.20 Å². The zero-order chi connectivity index (χ0) is 17.1. The Morgan fingerprint density at radius 2 is 1.60 bits per heavy atom. The Kier molecular flexibility index (Phi) is 4.30. The summed E-state index contributed by atoms with van der Waals surface area (Å²) in [6.07, 6.45) is 8.89. The third kappa shape index (κ3) is 3.46. The van der Waals surface area contributed by atoms with E-state index in [1.165, 1.54) is 11.1 Å². The SMILES string of the molecule is [B]c1cccc(-c2cc(C3=CCCN=C3)cc(-c3cccnc3)c2)c1. The minimum absolute atomic E-state index is 0.768. The largest absolute Gasteiger partial charge is 0.292 e. The van der Waals surface area contributed by atoms with Crippen LogP contribution in [0.5, 0.6) is 0 Å². The number of aliphatic imine (C=N–C) groups is 1. The monoisotopic (exact) mass is 320 g/mol. The summed E-state index contributed by atoms with van der Waals surface area (Å²) >= 11 is 0. The quantitative estimate of drug-likeness (QED) is 0.668. The maximum atomic E-state index is 5.98. The maximum Gasteiger partial charge on any atom is 0.113 e. The minimum Gasteiger partial charge on any atom is -0.292 e. The van der Waals surface area contributed by atoms with E-state index < -0.39 is 0 Å². The van der Waals surface area contributed by atoms with Gasteiger partial charge < -0.3 is 0 Å². The van der Waals surface area contributed by atoms with Gasteiger partial charge >= 0.3 is 0 Å². The van der Waals surface area contributed by atoms with Crippen molar-refractivity contribution in [2.45, 2.75) is 6.42 Å². The van der Waals surface area contributed by atoms with E-state index in [0.717, 1.165) is 40.7 Å². The van der Waals surface area contributed by atoms with Crippen LogP contribution >= 0.6 is 0 Å². The molecule has 2 aromatic carbocycles. The lowest BCUT2D eigenvalue weighted by Gasteiger charge is -2.13. The maximum absolute atomic E-state index is 5.98. The van der Waals surface area contributed by atoms with Crippen LogP contribution in [0, 0.1) is 0 Å². The predicted octanol–water partition coefficient (Wildman–Crippen LogP) is 4.07. The normalized spacial score (nSPS) is 13.5. The van der Waals surface area contributed by atoms with Gasteiger partial charge in [0.15, 0.2) is 0 Å². The van der Waals surface area contributed by atoms with Gasteiger partial charge in [-0.05, 0) is 58.5 Å². The first-order valence-electron chi connectivity index (χ1n) is 8.41. The Morgan fingerprint density at radius 1 is 0.800 bits per heavy atom. The first kappa shape index (κ1) is 15.6. The molecule has 0 amide bonds. The van der Waals surface area contributed by atoms with Crippen molar-refractivity contribution in [2.24, 2.45) is 4.99 Å². The molecule has 0 saturated heterocycles. The summed E-state index contributed by atoms with van der Waals surface area (Å²) in [5, 5.41) is 0. The van der Waals surface area contributed by atoms with Gasteiger partial charge in [-0.3, -0.25) is 9.98 Å². The van der Waals surface area contributed by atoms with Crippen molar-refractivity contribution in [1.82, 2.24) is 4.98 Å². The van der Waals surface area contributed by atoms with E-state index in [1.807, 2.05) is 36.7 Å². The topological polar surface area (TPSA) is 25.2 Å². The molecule has 25 heavy (non-hydrogen) atoms. The first-order valence-corrected chi connectivity index (χ1v) is 8.41. The van der Waals surface area contributed by atoms with Crippen LogP contribution in [0.15, 0.2) is 78.1 Å². The molecule has 1 aliphatic heterocycles. The molecule has 0 spiro atoms. The molecule has 3 aromatic rings. The van der Waals surface area contributed by atoms with Gasteiger partial charge in [-0.25, -0.2) is 0 Å². The van der Waals surface area contributed by atoms with Crippen molar-refractivity contribution in [3.63, 3.8) is 0 Å². The van der Waals surface area contributed by atoms with Crippen molar-refractivity contribution in [3.8, 4) is 22.3 Å². The van der Waals surface area contributed by atoms with Gasteiger partial charge in [0.2, 0.25) is 0 Å². The third-order valence-electron chi connectivity index (χ3n) is 4.33. The Balaban J connectivity index is 1.89. The molecular weight excluding hydrogens is 303 g/mol. The molecule has 118 valence electrons. The number of rotatable bonds is 3. The second-order valence-electron chi connectivity index (χ2n) is 6.15. The molecule has 1 aliphatic rings. The number of dihydropyridines is 1. The van der Waals surface area contributed by atoms with Gasteiger partial charge in [-0.1, -0.05) is 41.9 Å². The molecule has 2 nitrogen and oxygen atoms in total. The summed E-state index contributed by atoms with van der Waals surface area (Å²) < 4.78 is 0. The number of hydrogen-bond acceptors (Lipinski definition) is 2. The molecule has 0 N–H and O–H groups in total. The molecule has 1 aromatic heterocycles. The highest BCUT2D eigenvalue weighted by molar-refractivity contribution is 6.32. The lowest BCUT2D eigenvalue weighted by molar-refractivity contribution is 1.01. The Bertz CT molecular complexity index is 959. The van der Waals surface area contributed by atoms with Crippen LogP contribution < -0.4 is 5.46 Å². The summed E-state index contributed by atoms with van der Waals surface area (Å²) in [7, 11) is 5.98. The molecule has 0 fully saturated rings. The van der Waals surface area contributed by atoms with Crippen LogP contribution in [-0.2, 0) is 0 Å². The van der Waals surface area contributed by atoms with Crippen LogP contribution in [0.25, 0.3) is 27.8 Å². The van der Waals surface area contributed by atoms with Crippen LogP contribution in [0.3, 0.4) is 0 Å². The Hall–Kier alpha value is -2.94. The molecule has 4 rings (SSSR count). The molecule has 2 radical (unpaired) electrons. The number of hydrogen-bond donors (Lipinski definition) is 0. The number of benzene rings is 2. The Morgan fingerprint density at radius 3 is 2.32 bits per heavy atom. The lowest BCUT2D eigenvalue weighted by Crippen LogP contribution is -2.01. The molecule has 0 bridgehead atoms. The average molecular weight is 320 g/mol. The molecule has 0 aliphatic carbocycles.